The number of aliphatic hydroxyl groups is 3. The lowest BCUT2D eigenvalue weighted by molar-refractivity contribution is -0.139. The summed E-state index contributed by atoms with van der Waals surface area (Å²) in [6, 6.07) is 2.96. The van der Waals surface area contributed by atoms with Crippen molar-refractivity contribution in [3.63, 3.8) is 0 Å². The molecule has 0 aromatic heterocycles. The zero-order valence-electron chi connectivity index (χ0n) is 17.2. The molecule has 0 radical (unpaired) electrons. The van der Waals surface area contributed by atoms with Crippen molar-refractivity contribution in [2.75, 3.05) is 19.0 Å². The van der Waals surface area contributed by atoms with Crippen LogP contribution in [0, 0.1) is 11.8 Å². The van der Waals surface area contributed by atoms with Gasteiger partial charge in [-0.05, 0) is 36.5 Å². The van der Waals surface area contributed by atoms with Gasteiger partial charge in [-0.2, -0.15) is 0 Å². The first-order valence-electron chi connectivity index (χ1n) is 9.69. The molecule has 3 atom stereocenters. The minimum absolute atomic E-state index is 0.0659. The number of allylic oxidation sites excluding steroid dienone is 2. The van der Waals surface area contributed by atoms with Crippen LogP contribution in [0.3, 0.4) is 0 Å². The van der Waals surface area contributed by atoms with Crippen molar-refractivity contribution in [1.29, 1.82) is 0 Å². The Balaban J connectivity index is 1.99. The predicted octanol–water partition coefficient (Wildman–Crippen LogP) is 0.0866. The Hall–Kier alpha value is -3.86. The molecule has 2 unspecified atom stereocenters. The second kappa shape index (κ2) is 6.82. The maximum atomic E-state index is 13.4. The number of amides is 1. The molecule has 0 spiro atoms. The molecule has 1 aromatic carbocycles. The van der Waals surface area contributed by atoms with E-state index in [1.54, 1.807) is 25.1 Å². The van der Waals surface area contributed by atoms with Crippen molar-refractivity contribution in [2.45, 2.75) is 18.4 Å². The van der Waals surface area contributed by atoms with Gasteiger partial charge in [0.1, 0.15) is 22.8 Å². The van der Waals surface area contributed by atoms with Crippen LogP contribution in [-0.4, -0.2) is 68.5 Å². The number of nitrogens with two attached hydrogens (primary N) is 1. The summed E-state index contributed by atoms with van der Waals surface area (Å²) in [7, 11) is 3.51. The predicted molar refractivity (Wildman–Crippen MR) is 110 cm³/mol. The van der Waals surface area contributed by atoms with Crippen LogP contribution in [0.25, 0.3) is 0 Å². The van der Waals surface area contributed by atoms with Crippen LogP contribution in [0.15, 0.2) is 40.0 Å². The summed E-state index contributed by atoms with van der Waals surface area (Å²) in [6.07, 6.45) is -0.0279. The molecule has 0 fully saturated rings. The summed E-state index contributed by atoms with van der Waals surface area (Å²) >= 11 is 0. The van der Waals surface area contributed by atoms with Crippen molar-refractivity contribution < 1.29 is 40.0 Å². The normalized spacial score (nSPS) is 28.4. The summed E-state index contributed by atoms with van der Waals surface area (Å²) in [5, 5.41) is 55.3. The van der Waals surface area contributed by atoms with Crippen molar-refractivity contribution in [3.8, 4) is 5.75 Å². The molecule has 11 heteroatoms. The minimum Gasteiger partial charge on any atom is -0.508 e. The Bertz CT molecular complexity index is 1200. The number of phenolic OH excluding ortho intramolecular Hbond substituents is 1. The third-order valence-electron chi connectivity index (χ3n) is 6.46. The van der Waals surface area contributed by atoms with Gasteiger partial charge in [-0.1, -0.05) is 5.16 Å². The van der Waals surface area contributed by atoms with E-state index in [-0.39, 0.29) is 29.7 Å². The third kappa shape index (κ3) is 2.51. The van der Waals surface area contributed by atoms with Gasteiger partial charge in [0.25, 0.3) is 5.91 Å². The van der Waals surface area contributed by atoms with Crippen molar-refractivity contribution in [2.24, 2.45) is 22.7 Å². The molecule has 7 N–H and O–H groups in total. The highest BCUT2D eigenvalue weighted by Gasteiger charge is 2.62. The second-order valence-electron chi connectivity index (χ2n) is 8.30. The molecule has 4 rings (SSSR count). The molecule has 0 saturated heterocycles. The van der Waals surface area contributed by atoms with Gasteiger partial charge in [0.05, 0.1) is 11.5 Å². The van der Waals surface area contributed by atoms with Crippen molar-refractivity contribution in [3.05, 3.63) is 45.9 Å². The number of Topliss-reactive ketones (excluding diaryl/α,β-unsaturated/α-hetero) is 2. The number of rotatable bonds is 2. The number of carbonyl (C=O) groups is 3. The van der Waals surface area contributed by atoms with E-state index in [9.17, 15) is 40.0 Å². The highest BCUT2D eigenvalue weighted by Crippen LogP contribution is 2.51. The summed E-state index contributed by atoms with van der Waals surface area (Å²) in [5.74, 6) is -8.14. The number of fused-ring (bicyclic) bond motifs is 3. The smallest absolute Gasteiger partial charge is 0.256 e. The van der Waals surface area contributed by atoms with E-state index in [1.807, 2.05) is 0 Å². The Morgan fingerprint density at radius 3 is 2.44 bits per heavy atom. The molecule has 168 valence electrons. The number of anilines is 1. The Morgan fingerprint density at radius 2 is 1.88 bits per heavy atom. The van der Waals surface area contributed by atoms with Crippen LogP contribution < -0.4 is 10.6 Å². The molecule has 0 aliphatic heterocycles. The molecular weight excluding hydrogens is 422 g/mol. The number of carbonyl (C=O) groups excluding carboxylic acids is 3. The lowest BCUT2D eigenvalue weighted by atomic mass is 9.59. The zero-order chi connectivity index (χ0) is 23.7. The first kappa shape index (κ1) is 21.4. The Morgan fingerprint density at radius 1 is 1.22 bits per heavy atom. The summed E-state index contributed by atoms with van der Waals surface area (Å²) < 4.78 is 0. The molecule has 1 aromatic rings. The van der Waals surface area contributed by atoms with Gasteiger partial charge in [-0.3, -0.25) is 14.4 Å². The van der Waals surface area contributed by atoms with Crippen LogP contribution in [0.4, 0.5) is 5.69 Å². The van der Waals surface area contributed by atoms with E-state index in [2.05, 4.69) is 5.16 Å². The second-order valence-corrected chi connectivity index (χ2v) is 8.30. The van der Waals surface area contributed by atoms with E-state index in [4.69, 9.17) is 5.73 Å². The number of ketones is 2. The number of aromatic hydroxyl groups is 1. The van der Waals surface area contributed by atoms with E-state index in [0.29, 0.717) is 11.3 Å². The first-order valence-corrected chi connectivity index (χ1v) is 9.69. The molecule has 3 aliphatic carbocycles. The highest BCUT2D eigenvalue weighted by atomic mass is 16.4. The highest BCUT2D eigenvalue weighted by molar-refractivity contribution is 6.31. The van der Waals surface area contributed by atoms with Gasteiger partial charge >= 0.3 is 0 Å². The molecule has 0 saturated carbocycles. The van der Waals surface area contributed by atoms with Gasteiger partial charge in [0, 0.05) is 25.4 Å². The van der Waals surface area contributed by atoms with E-state index < -0.39 is 57.7 Å². The van der Waals surface area contributed by atoms with Crippen LogP contribution in [-0.2, 0) is 16.0 Å². The fourth-order valence-electron chi connectivity index (χ4n) is 5.01. The maximum absolute atomic E-state index is 13.4. The Labute approximate surface area is 181 Å². The topological polar surface area (TPSA) is 194 Å². The van der Waals surface area contributed by atoms with Crippen LogP contribution in [0.2, 0.25) is 0 Å². The van der Waals surface area contributed by atoms with Crippen molar-refractivity contribution in [1.82, 2.24) is 0 Å². The van der Waals surface area contributed by atoms with Crippen molar-refractivity contribution >= 4 is 28.9 Å². The fourth-order valence-corrected chi connectivity index (χ4v) is 5.01. The molecule has 0 heterocycles. The summed E-state index contributed by atoms with van der Waals surface area (Å²) in [5.41, 5.74) is 1.44. The number of hydrogen-bond donors (Lipinski definition) is 6. The lowest BCUT2D eigenvalue weighted by Gasteiger charge is -2.45. The first-order chi connectivity index (χ1) is 15.0. The average molecular weight is 443 g/mol. The molecule has 32 heavy (non-hydrogen) atoms. The summed E-state index contributed by atoms with van der Waals surface area (Å²) in [6.45, 7) is 0. The number of nitrogens with zero attached hydrogens (tertiary/aromatic N) is 2. The number of hydrogen-bond acceptors (Lipinski definition) is 10. The Kier molecular flexibility index (Phi) is 4.56. The van der Waals surface area contributed by atoms with Gasteiger partial charge in [-0.15, -0.1) is 0 Å². The van der Waals surface area contributed by atoms with Crippen LogP contribution in [0.1, 0.15) is 22.3 Å². The largest absolute Gasteiger partial charge is 0.508 e. The standard InChI is InChI=1S/C21H21N3O8/c1-24(2)10-3-4-11(25)13-8(10)5-7-6-9-15(23-32)17(27)14(20(22)30)19(29)21(9,31)18(28)12(7)16(13)26/h3-4,7,9,25,27-28,31-32H,5-6H2,1-2H3,(H2,22,30)/b23-15+/t7?,9?,21-/m0/s1. The third-order valence-corrected chi connectivity index (χ3v) is 6.46. The number of aliphatic hydroxyl groups excluding tert-OH is 2. The minimum atomic E-state index is -2.86. The van der Waals surface area contributed by atoms with Gasteiger partial charge in [0.15, 0.2) is 17.1 Å². The van der Waals surface area contributed by atoms with Crippen LogP contribution in [0.5, 0.6) is 5.75 Å². The number of primary amides is 1. The molecule has 1 amide bonds. The summed E-state index contributed by atoms with van der Waals surface area (Å²) in [4.78, 5) is 39.8. The van der Waals surface area contributed by atoms with E-state index in [1.165, 1.54) is 6.07 Å². The quantitative estimate of drug-likeness (QED) is 0.208. The van der Waals surface area contributed by atoms with Gasteiger partial charge in [0.2, 0.25) is 5.78 Å². The molecule has 0 bridgehead atoms. The SMILES string of the molecule is CN(C)c1ccc(O)c2c1CC1CC3/C(=N\O)C(O)=C(C(N)=O)C(=O)[C@@]3(O)C(O)=C1C2=O. The molecule has 3 aliphatic rings. The van der Waals surface area contributed by atoms with Gasteiger partial charge < -0.3 is 36.3 Å². The van der Waals surface area contributed by atoms with E-state index in [0.717, 1.165) is 0 Å². The van der Waals surface area contributed by atoms with Gasteiger partial charge in [-0.25, -0.2) is 0 Å². The monoisotopic (exact) mass is 443 g/mol. The lowest BCUT2D eigenvalue weighted by Crippen LogP contribution is -2.60. The average Bonchev–Trinajstić information content (AvgIpc) is 2.70. The molecular formula is C21H21N3O8. The zero-order valence-corrected chi connectivity index (χ0v) is 17.2. The maximum Gasteiger partial charge on any atom is 0.256 e. The van der Waals surface area contributed by atoms with Crippen LogP contribution >= 0.6 is 0 Å². The number of oxime groups is 1. The fraction of sp³-hybridized carbons (Fsp3) is 0.333. The van der Waals surface area contributed by atoms with E-state index >= 15 is 0 Å². The number of phenols is 1. The number of benzene rings is 1. The molecule has 11 nitrogen and oxygen atoms in total.